The molecule has 0 aromatic carbocycles. The highest BCUT2D eigenvalue weighted by Gasteiger charge is 2.23. The van der Waals surface area contributed by atoms with Gasteiger partial charge in [0.15, 0.2) is 0 Å². The van der Waals surface area contributed by atoms with E-state index in [1.165, 1.54) is 6.42 Å². The molecular weight excluding hydrogens is 176 g/mol. The maximum Gasteiger partial charge on any atom is 0.317 e. The van der Waals surface area contributed by atoms with Crippen molar-refractivity contribution in [1.29, 1.82) is 0 Å². The number of carbonyl (C=O) groups excluding carboxylic acids is 1. The Bertz CT molecular complexity index is 204. The van der Waals surface area contributed by atoms with Gasteiger partial charge in [-0.3, -0.25) is 0 Å². The van der Waals surface area contributed by atoms with Crippen LogP contribution in [-0.4, -0.2) is 30.6 Å². The lowest BCUT2D eigenvalue weighted by Gasteiger charge is -2.31. The summed E-state index contributed by atoms with van der Waals surface area (Å²) in [6, 6.07) is 0.509. The molecule has 82 valence electrons. The minimum absolute atomic E-state index is 0.0737. The van der Waals surface area contributed by atoms with E-state index in [1.54, 1.807) is 4.90 Å². The first-order valence-electron chi connectivity index (χ1n) is 5.40. The van der Waals surface area contributed by atoms with E-state index in [-0.39, 0.29) is 11.4 Å². The van der Waals surface area contributed by atoms with Crippen molar-refractivity contribution in [2.75, 3.05) is 13.6 Å². The van der Waals surface area contributed by atoms with Crippen LogP contribution in [0.3, 0.4) is 0 Å². The molecule has 0 atom stereocenters. The third kappa shape index (κ3) is 3.56. The average Bonchev–Trinajstić information content (AvgIpc) is 1.92. The number of hydrogen-bond donors (Lipinski definition) is 1. The van der Waals surface area contributed by atoms with Gasteiger partial charge in [0, 0.05) is 19.6 Å². The number of nitrogens with one attached hydrogen (secondary N) is 1. The van der Waals surface area contributed by atoms with Gasteiger partial charge in [0.2, 0.25) is 0 Å². The molecule has 3 nitrogen and oxygen atoms in total. The molecule has 0 saturated heterocycles. The van der Waals surface area contributed by atoms with E-state index < -0.39 is 0 Å². The van der Waals surface area contributed by atoms with E-state index in [9.17, 15) is 4.79 Å². The Morgan fingerprint density at radius 3 is 2.36 bits per heavy atom. The predicted octanol–water partition coefficient (Wildman–Crippen LogP) is 2.23. The Morgan fingerprint density at radius 2 is 2.00 bits per heavy atom. The second-order valence-corrected chi connectivity index (χ2v) is 5.49. The first kappa shape index (κ1) is 11.3. The minimum Gasteiger partial charge on any atom is -0.335 e. The predicted molar refractivity (Wildman–Crippen MR) is 58.3 cm³/mol. The zero-order valence-corrected chi connectivity index (χ0v) is 9.76. The van der Waals surface area contributed by atoms with Crippen LogP contribution in [-0.2, 0) is 0 Å². The lowest BCUT2D eigenvalue weighted by Crippen LogP contribution is -2.47. The summed E-state index contributed by atoms with van der Waals surface area (Å²) in [5.41, 5.74) is 0.172. The fraction of sp³-hybridized carbons (Fsp3) is 0.909. The Hall–Kier alpha value is -0.730. The maximum atomic E-state index is 11.6. The van der Waals surface area contributed by atoms with Crippen LogP contribution in [0, 0.1) is 5.41 Å². The van der Waals surface area contributed by atoms with E-state index in [2.05, 4.69) is 26.1 Å². The Labute approximate surface area is 86.9 Å². The fourth-order valence-corrected chi connectivity index (χ4v) is 1.62. The number of rotatable bonds is 2. The first-order chi connectivity index (χ1) is 6.38. The topological polar surface area (TPSA) is 32.3 Å². The molecule has 0 radical (unpaired) electrons. The van der Waals surface area contributed by atoms with Crippen LogP contribution in [0.25, 0.3) is 0 Å². The molecule has 0 heterocycles. The molecular formula is C11H22N2O. The molecule has 0 spiro atoms. The van der Waals surface area contributed by atoms with Crippen LogP contribution in [0.2, 0.25) is 0 Å². The van der Waals surface area contributed by atoms with Crippen molar-refractivity contribution in [3.63, 3.8) is 0 Å². The van der Waals surface area contributed by atoms with Crippen LogP contribution in [0.15, 0.2) is 0 Å². The average molecular weight is 198 g/mol. The highest BCUT2D eigenvalue weighted by molar-refractivity contribution is 5.74. The smallest absolute Gasteiger partial charge is 0.317 e. The largest absolute Gasteiger partial charge is 0.335 e. The third-order valence-electron chi connectivity index (χ3n) is 2.49. The second kappa shape index (κ2) is 4.20. The van der Waals surface area contributed by atoms with Crippen molar-refractivity contribution >= 4 is 6.03 Å². The van der Waals surface area contributed by atoms with Gasteiger partial charge in [-0.05, 0) is 24.7 Å². The maximum absolute atomic E-state index is 11.6. The van der Waals surface area contributed by atoms with Gasteiger partial charge in [0.25, 0.3) is 0 Å². The summed E-state index contributed by atoms with van der Waals surface area (Å²) >= 11 is 0. The van der Waals surface area contributed by atoms with Gasteiger partial charge in [-0.1, -0.05) is 20.8 Å². The molecule has 1 fully saturated rings. The van der Waals surface area contributed by atoms with Crippen LogP contribution >= 0.6 is 0 Å². The molecule has 14 heavy (non-hydrogen) atoms. The standard InChI is InChI=1S/C11H22N2O/c1-11(2,3)8-13(4)10(14)12-9-6-5-7-9/h9H,5-8H2,1-4H3,(H,12,14). The minimum atomic E-state index is 0.0737. The molecule has 1 aliphatic rings. The quantitative estimate of drug-likeness (QED) is 0.725. The molecule has 0 aromatic rings. The zero-order chi connectivity index (χ0) is 10.8. The molecule has 1 N–H and O–H groups in total. The van der Waals surface area contributed by atoms with Gasteiger partial charge in [0.05, 0.1) is 0 Å². The molecule has 1 rings (SSSR count). The molecule has 1 saturated carbocycles. The summed E-state index contributed by atoms with van der Waals surface area (Å²) < 4.78 is 0. The van der Waals surface area contributed by atoms with Crippen molar-refractivity contribution in [3.8, 4) is 0 Å². The highest BCUT2D eigenvalue weighted by Crippen LogP contribution is 2.19. The number of amides is 2. The van der Waals surface area contributed by atoms with Crippen LogP contribution in [0.5, 0.6) is 0 Å². The van der Waals surface area contributed by atoms with Gasteiger partial charge in [-0.2, -0.15) is 0 Å². The summed E-state index contributed by atoms with van der Waals surface area (Å²) in [4.78, 5) is 13.4. The molecule has 1 aliphatic carbocycles. The second-order valence-electron chi connectivity index (χ2n) is 5.49. The molecule has 0 aromatic heterocycles. The number of hydrogen-bond acceptors (Lipinski definition) is 1. The van der Waals surface area contributed by atoms with E-state index in [1.807, 2.05) is 7.05 Å². The van der Waals surface area contributed by atoms with Crippen molar-refractivity contribution in [3.05, 3.63) is 0 Å². The van der Waals surface area contributed by atoms with Crippen LogP contribution < -0.4 is 5.32 Å². The van der Waals surface area contributed by atoms with Crippen molar-refractivity contribution in [2.24, 2.45) is 5.41 Å². The Morgan fingerprint density at radius 1 is 1.43 bits per heavy atom. The molecule has 3 heteroatoms. The van der Waals surface area contributed by atoms with Crippen molar-refractivity contribution < 1.29 is 4.79 Å². The Kier molecular flexibility index (Phi) is 3.40. The van der Waals surface area contributed by atoms with Crippen molar-refractivity contribution in [2.45, 2.75) is 46.1 Å². The van der Waals surface area contributed by atoms with E-state index >= 15 is 0 Å². The summed E-state index contributed by atoms with van der Waals surface area (Å²) in [5, 5.41) is 3.03. The van der Waals surface area contributed by atoms with Gasteiger partial charge in [-0.25, -0.2) is 4.79 Å². The summed E-state index contributed by atoms with van der Waals surface area (Å²) in [6.45, 7) is 7.21. The lowest BCUT2D eigenvalue weighted by atomic mass is 9.93. The lowest BCUT2D eigenvalue weighted by molar-refractivity contribution is 0.178. The third-order valence-corrected chi connectivity index (χ3v) is 2.49. The Balaban J connectivity index is 2.28. The SMILES string of the molecule is CN(CC(C)(C)C)C(=O)NC1CCC1. The normalized spacial score (nSPS) is 17.4. The fourth-order valence-electron chi connectivity index (χ4n) is 1.62. The van der Waals surface area contributed by atoms with Crippen LogP contribution in [0.4, 0.5) is 4.79 Å². The number of nitrogens with zero attached hydrogens (tertiary/aromatic N) is 1. The number of carbonyl (C=O) groups is 1. The summed E-state index contributed by atoms with van der Waals surface area (Å²) in [5.74, 6) is 0. The first-order valence-corrected chi connectivity index (χ1v) is 5.40. The van der Waals surface area contributed by atoms with E-state index in [0.717, 1.165) is 19.4 Å². The molecule has 0 bridgehead atoms. The molecule has 2 amide bonds. The van der Waals surface area contributed by atoms with Crippen LogP contribution in [0.1, 0.15) is 40.0 Å². The van der Waals surface area contributed by atoms with Gasteiger partial charge in [0.1, 0.15) is 0 Å². The molecule has 0 aliphatic heterocycles. The van der Waals surface area contributed by atoms with E-state index in [0.29, 0.717) is 6.04 Å². The van der Waals surface area contributed by atoms with Gasteiger partial charge in [-0.15, -0.1) is 0 Å². The van der Waals surface area contributed by atoms with E-state index in [4.69, 9.17) is 0 Å². The number of urea groups is 1. The summed E-state index contributed by atoms with van der Waals surface area (Å²) in [6.07, 6.45) is 3.55. The summed E-state index contributed by atoms with van der Waals surface area (Å²) in [7, 11) is 1.86. The van der Waals surface area contributed by atoms with Gasteiger partial charge >= 0.3 is 6.03 Å². The van der Waals surface area contributed by atoms with Crippen molar-refractivity contribution in [1.82, 2.24) is 10.2 Å². The molecule has 0 unspecified atom stereocenters. The zero-order valence-electron chi connectivity index (χ0n) is 9.76. The van der Waals surface area contributed by atoms with Gasteiger partial charge < -0.3 is 10.2 Å². The highest BCUT2D eigenvalue weighted by atomic mass is 16.2. The monoisotopic (exact) mass is 198 g/mol.